The highest BCUT2D eigenvalue weighted by molar-refractivity contribution is 5.18. The number of aromatic nitrogens is 1. The molecule has 0 aromatic carbocycles. The zero-order chi connectivity index (χ0) is 12.1. The van der Waals surface area contributed by atoms with Crippen LogP contribution >= 0.6 is 0 Å². The van der Waals surface area contributed by atoms with Crippen LogP contribution < -0.4 is 10.2 Å². The number of rotatable bonds is 4. The summed E-state index contributed by atoms with van der Waals surface area (Å²) in [6.45, 7) is -0.0603. The van der Waals surface area contributed by atoms with Gasteiger partial charge in [-0.05, 0) is 6.07 Å². The highest BCUT2D eigenvalue weighted by atomic mass is 16.5. The second-order valence-electron chi connectivity index (χ2n) is 3.38. The molecular weight excluding hydrogens is 222 g/mol. The van der Waals surface area contributed by atoms with Crippen LogP contribution in [-0.4, -0.2) is 10.1 Å². The Kier molecular flexibility index (Phi) is 3.52. The van der Waals surface area contributed by atoms with E-state index < -0.39 is 0 Å². The van der Waals surface area contributed by atoms with Crippen molar-refractivity contribution >= 4 is 0 Å². The van der Waals surface area contributed by atoms with E-state index in [2.05, 4.69) is 4.98 Å². The summed E-state index contributed by atoms with van der Waals surface area (Å²) in [4.78, 5) is 15.4. The molecule has 0 spiro atoms. The first-order valence-electron chi connectivity index (χ1n) is 5.04. The van der Waals surface area contributed by atoms with Gasteiger partial charge in [0, 0.05) is 24.0 Å². The molecule has 0 radical (unpaired) electrons. The molecular formula is C12H11NO4. The summed E-state index contributed by atoms with van der Waals surface area (Å²) in [6.07, 6.45) is 4.52. The number of hydrogen-bond donors (Lipinski definition) is 1. The van der Waals surface area contributed by atoms with Gasteiger partial charge in [-0.2, -0.15) is 0 Å². The van der Waals surface area contributed by atoms with E-state index in [1.807, 2.05) is 6.07 Å². The van der Waals surface area contributed by atoms with Crippen LogP contribution in [0.5, 0.6) is 5.75 Å². The molecule has 1 N–H and O–H groups in total. The maximum atomic E-state index is 11.5. The molecule has 0 amide bonds. The van der Waals surface area contributed by atoms with Gasteiger partial charge >= 0.3 is 0 Å². The molecule has 88 valence electrons. The van der Waals surface area contributed by atoms with Gasteiger partial charge in [0.1, 0.15) is 25.2 Å². The first-order valence-corrected chi connectivity index (χ1v) is 5.04. The minimum Gasteiger partial charge on any atom is -0.482 e. The largest absolute Gasteiger partial charge is 0.482 e. The molecule has 0 aliphatic heterocycles. The average Bonchev–Trinajstić information content (AvgIpc) is 2.38. The molecule has 2 aromatic heterocycles. The molecule has 0 saturated heterocycles. The Morgan fingerprint density at radius 1 is 1.47 bits per heavy atom. The average molecular weight is 233 g/mol. The van der Waals surface area contributed by atoms with Crippen LogP contribution in [0.15, 0.2) is 46.1 Å². The number of ether oxygens (including phenoxy) is 1. The first-order chi connectivity index (χ1) is 8.29. The predicted molar refractivity (Wildman–Crippen MR) is 59.5 cm³/mol. The second-order valence-corrected chi connectivity index (χ2v) is 3.38. The lowest BCUT2D eigenvalue weighted by Gasteiger charge is -2.04. The maximum absolute atomic E-state index is 11.5. The van der Waals surface area contributed by atoms with Crippen molar-refractivity contribution < 1.29 is 14.3 Å². The van der Waals surface area contributed by atoms with Crippen LogP contribution in [0.2, 0.25) is 0 Å². The van der Waals surface area contributed by atoms with E-state index in [9.17, 15) is 4.79 Å². The van der Waals surface area contributed by atoms with Crippen LogP contribution in [-0.2, 0) is 13.2 Å². The number of aliphatic hydroxyl groups is 1. The molecule has 5 heteroatoms. The van der Waals surface area contributed by atoms with Crippen molar-refractivity contribution in [3.63, 3.8) is 0 Å². The molecule has 0 saturated carbocycles. The molecule has 2 heterocycles. The van der Waals surface area contributed by atoms with Gasteiger partial charge in [-0.1, -0.05) is 6.07 Å². The third kappa shape index (κ3) is 2.92. The number of hydrogen-bond acceptors (Lipinski definition) is 5. The first kappa shape index (κ1) is 11.3. The van der Waals surface area contributed by atoms with E-state index in [1.165, 1.54) is 12.3 Å². The SMILES string of the molecule is O=c1cc(CO)occ1OCc1cccnc1. The van der Waals surface area contributed by atoms with Gasteiger partial charge in [-0.25, -0.2) is 0 Å². The Morgan fingerprint density at radius 3 is 3.00 bits per heavy atom. The van der Waals surface area contributed by atoms with Crippen molar-refractivity contribution in [1.29, 1.82) is 0 Å². The van der Waals surface area contributed by atoms with Gasteiger partial charge in [-0.15, -0.1) is 0 Å². The van der Waals surface area contributed by atoms with E-state index in [4.69, 9.17) is 14.3 Å². The summed E-state index contributed by atoms with van der Waals surface area (Å²) in [7, 11) is 0. The lowest BCUT2D eigenvalue weighted by Crippen LogP contribution is -2.08. The van der Waals surface area contributed by atoms with Crippen molar-refractivity contribution in [1.82, 2.24) is 4.98 Å². The quantitative estimate of drug-likeness (QED) is 0.856. The van der Waals surface area contributed by atoms with Gasteiger partial charge in [0.25, 0.3) is 0 Å². The van der Waals surface area contributed by atoms with Crippen molar-refractivity contribution in [2.75, 3.05) is 0 Å². The standard InChI is InChI=1S/C12H11NO4/c14-6-10-4-11(15)12(8-16-10)17-7-9-2-1-3-13-5-9/h1-5,8,14H,6-7H2. The Morgan fingerprint density at radius 2 is 2.35 bits per heavy atom. The number of aliphatic hydroxyl groups excluding tert-OH is 1. The molecule has 0 bridgehead atoms. The topological polar surface area (TPSA) is 72.6 Å². The van der Waals surface area contributed by atoms with E-state index in [1.54, 1.807) is 18.5 Å². The molecule has 2 rings (SSSR count). The molecule has 0 atom stereocenters. The smallest absolute Gasteiger partial charge is 0.227 e. The number of nitrogens with zero attached hydrogens (tertiary/aromatic N) is 1. The highest BCUT2D eigenvalue weighted by Crippen LogP contribution is 2.08. The zero-order valence-corrected chi connectivity index (χ0v) is 9.00. The molecule has 0 aliphatic rings. The van der Waals surface area contributed by atoms with Gasteiger partial charge < -0.3 is 14.3 Å². The van der Waals surface area contributed by atoms with Crippen molar-refractivity contribution in [2.24, 2.45) is 0 Å². The van der Waals surface area contributed by atoms with E-state index in [-0.39, 0.29) is 30.2 Å². The van der Waals surface area contributed by atoms with Crippen LogP contribution in [0.3, 0.4) is 0 Å². The third-order valence-corrected chi connectivity index (χ3v) is 2.13. The van der Waals surface area contributed by atoms with Crippen LogP contribution in [0, 0.1) is 0 Å². The molecule has 0 aliphatic carbocycles. The Labute approximate surface area is 97.3 Å². The van der Waals surface area contributed by atoms with Gasteiger partial charge in [-0.3, -0.25) is 9.78 Å². The van der Waals surface area contributed by atoms with E-state index in [0.29, 0.717) is 0 Å². The summed E-state index contributed by atoms with van der Waals surface area (Å²) in [5.74, 6) is 0.329. The maximum Gasteiger partial charge on any atom is 0.227 e. The van der Waals surface area contributed by atoms with Crippen LogP contribution in [0.1, 0.15) is 11.3 Å². The predicted octanol–water partition coefficient (Wildman–Crippen LogP) is 1.11. The fourth-order valence-corrected chi connectivity index (χ4v) is 1.27. The van der Waals surface area contributed by atoms with Gasteiger partial charge in [0.15, 0.2) is 0 Å². The third-order valence-electron chi connectivity index (χ3n) is 2.13. The number of pyridine rings is 1. The minimum atomic E-state index is -0.316. The fraction of sp³-hybridized carbons (Fsp3) is 0.167. The minimum absolute atomic E-state index is 0.117. The second kappa shape index (κ2) is 5.27. The summed E-state index contributed by atoms with van der Waals surface area (Å²) in [5, 5.41) is 8.78. The monoisotopic (exact) mass is 233 g/mol. The van der Waals surface area contributed by atoms with Crippen molar-refractivity contribution in [2.45, 2.75) is 13.2 Å². The van der Waals surface area contributed by atoms with Crippen LogP contribution in [0.4, 0.5) is 0 Å². The lowest BCUT2D eigenvalue weighted by molar-refractivity contribution is 0.236. The summed E-state index contributed by atoms with van der Waals surface area (Å²) < 4.78 is 10.3. The Balaban J connectivity index is 2.07. The normalized spacial score (nSPS) is 10.2. The molecule has 2 aromatic rings. The molecule has 0 fully saturated rings. The molecule has 5 nitrogen and oxygen atoms in total. The lowest BCUT2D eigenvalue weighted by atomic mass is 10.3. The molecule has 0 unspecified atom stereocenters. The fourth-order valence-electron chi connectivity index (χ4n) is 1.27. The van der Waals surface area contributed by atoms with Gasteiger partial charge in [0.2, 0.25) is 11.2 Å². The Hall–Kier alpha value is -2.14. The van der Waals surface area contributed by atoms with Crippen molar-refractivity contribution in [3.05, 3.63) is 58.4 Å². The van der Waals surface area contributed by atoms with E-state index >= 15 is 0 Å². The highest BCUT2D eigenvalue weighted by Gasteiger charge is 2.04. The Bertz CT molecular complexity index is 536. The van der Waals surface area contributed by atoms with Crippen molar-refractivity contribution in [3.8, 4) is 5.75 Å². The van der Waals surface area contributed by atoms with Crippen LogP contribution in [0.25, 0.3) is 0 Å². The summed E-state index contributed by atoms with van der Waals surface area (Å²) in [6, 6.07) is 4.84. The summed E-state index contributed by atoms with van der Waals surface area (Å²) >= 11 is 0. The molecule has 17 heavy (non-hydrogen) atoms. The summed E-state index contributed by atoms with van der Waals surface area (Å²) in [5.41, 5.74) is 0.544. The zero-order valence-electron chi connectivity index (χ0n) is 9.00. The van der Waals surface area contributed by atoms with Gasteiger partial charge in [0.05, 0.1) is 0 Å². The van der Waals surface area contributed by atoms with E-state index in [0.717, 1.165) is 5.56 Å².